The highest BCUT2D eigenvalue weighted by molar-refractivity contribution is 5.87. The molecule has 5 nitrogen and oxygen atoms in total. The number of rotatable bonds is 5. The summed E-state index contributed by atoms with van der Waals surface area (Å²) in [4.78, 5) is 16.8. The molecule has 2 saturated heterocycles. The van der Waals surface area contributed by atoms with Crippen LogP contribution in [0.2, 0.25) is 0 Å². The molecule has 162 valence electrons. The summed E-state index contributed by atoms with van der Waals surface area (Å²) in [5, 5.41) is 4.08. The molecule has 3 heterocycles. The summed E-state index contributed by atoms with van der Waals surface area (Å²) in [6.07, 6.45) is 7.22. The van der Waals surface area contributed by atoms with Crippen molar-refractivity contribution in [3.63, 3.8) is 0 Å². The van der Waals surface area contributed by atoms with Gasteiger partial charge in [-0.1, -0.05) is 18.2 Å². The number of ether oxygens (including phenoxy) is 1. The van der Waals surface area contributed by atoms with Crippen LogP contribution in [-0.4, -0.2) is 35.0 Å². The van der Waals surface area contributed by atoms with Crippen LogP contribution in [0.5, 0.6) is 0 Å². The molecule has 0 saturated carbocycles. The van der Waals surface area contributed by atoms with Gasteiger partial charge in [0.1, 0.15) is 0 Å². The zero-order valence-corrected chi connectivity index (χ0v) is 18.4. The van der Waals surface area contributed by atoms with Crippen molar-refractivity contribution in [3.05, 3.63) is 64.8 Å². The van der Waals surface area contributed by atoms with E-state index < -0.39 is 0 Å². The molecule has 1 amide bonds. The fraction of sp³-hybridized carbons (Fsp3) is 0.423. The van der Waals surface area contributed by atoms with Crippen LogP contribution in [0.15, 0.2) is 42.6 Å². The van der Waals surface area contributed by atoms with Gasteiger partial charge >= 0.3 is 0 Å². The molecule has 2 aromatic carbocycles. The first-order valence-electron chi connectivity index (χ1n) is 11.3. The summed E-state index contributed by atoms with van der Waals surface area (Å²) in [6.45, 7) is 7.24. The van der Waals surface area contributed by atoms with E-state index in [1.807, 2.05) is 12.1 Å². The standard InChI is InChI=1S/C26H31N3O2/c1-18-14-19(2)25-22(8-11-27-25)23(18)16-29-12-10-26(9-3-13-31-26)15-24(29)20-4-6-21(7-5-20)28-17-30/h4-8,11,14,17,24,27H,3,9-10,12-13,15-16H2,1-2H3,(H,28,30). The summed E-state index contributed by atoms with van der Waals surface area (Å²) in [5.41, 5.74) is 7.45. The Labute approximate surface area is 183 Å². The van der Waals surface area contributed by atoms with Gasteiger partial charge in [-0.25, -0.2) is 0 Å². The third-order valence-electron chi connectivity index (χ3n) is 7.30. The molecule has 2 atom stereocenters. The highest BCUT2D eigenvalue weighted by Crippen LogP contribution is 2.45. The van der Waals surface area contributed by atoms with Gasteiger partial charge < -0.3 is 15.0 Å². The van der Waals surface area contributed by atoms with Gasteiger partial charge in [0.2, 0.25) is 6.41 Å². The van der Waals surface area contributed by atoms with Crippen LogP contribution in [0.25, 0.3) is 10.9 Å². The second kappa shape index (κ2) is 8.13. The molecule has 0 radical (unpaired) electrons. The lowest BCUT2D eigenvalue weighted by Gasteiger charge is -2.45. The second-order valence-corrected chi connectivity index (χ2v) is 9.21. The first-order chi connectivity index (χ1) is 15.1. The van der Waals surface area contributed by atoms with Gasteiger partial charge in [-0.2, -0.15) is 0 Å². The number of anilines is 1. The van der Waals surface area contributed by atoms with Crippen molar-refractivity contribution in [1.29, 1.82) is 0 Å². The molecular formula is C26H31N3O2. The zero-order valence-electron chi connectivity index (χ0n) is 18.4. The molecule has 0 aliphatic carbocycles. The Morgan fingerprint density at radius 1 is 1.19 bits per heavy atom. The minimum absolute atomic E-state index is 0.0204. The first kappa shape index (κ1) is 20.3. The molecule has 2 aliphatic rings. The topological polar surface area (TPSA) is 57.4 Å². The molecule has 2 aliphatic heterocycles. The van der Waals surface area contributed by atoms with Crippen molar-refractivity contribution in [2.75, 3.05) is 18.5 Å². The molecule has 1 spiro atoms. The van der Waals surface area contributed by atoms with Crippen molar-refractivity contribution in [1.82, 2.24) is 9.88 Å². The van der Waals surface area contributed by atoms with Crippen LogP contribution in [0, 0.1) is 13.8 Å². The van der Waals surface area contributed by atoms with Gasteiger partial charge in [0, 0.05) is 48.5 Å². The molecule has 2 fully saturated rings. The number of carbonyl (C=O) groups excluding carboxylic acids is 1. The molecule has 2 unspecified atom stereocenters. The van der Waals surface area contributed by atoms with E-state index >= 15 is 0 Å². The maximum atomic E-state index is 10.8. The van der Waals surface area contributed by atoms with Crippen LogP contribution in [0.1, 0.15) is 54.0 Å². The number of fused-ring (bicyclic) bond motifs is 1. The van der Waals surface area contributed by atoms with Crippen LogP contribution < -0.4 is 5.32 Å². The van der Waals surface area contributed by atoms with Crippen molar-refractivity contribution in [3.8, 4) is 0 Å². The molecule has 0 bridgehead atoms. The number of piperidine rings is 1. The average Bonchev–Trinajstić information content (AvgIpc) is 3.43. The number of nitrogens with zero attached hydrogens (tertiary/aromatic N) is 1. The Morgan fingerprint density at radius 2 is 2.03 bits per heavy atom. The van der Waals surface area contributed by atoms with E-state index in [0.717, 1.165) is 57.5 Å². The minimum Gasteiger partial charge on any atom is -0.375 e. The predicted octanol–water partition coefficient (Wildman–Crippen LogP) is 5.24. The number of amides is 1. The predicted molar refractivity (Wildman–Crippen MR) is 124 cm³/mol. The fourth-order valence-electron chi connectivity index (χ4n) is 5.64. The Hall–Kier alpha value is -2.63. The molecule has 2 N–H and O–H groups in total. The lowest BCUT2D eigenvalue weighted by atomic mass is 9.81. The Morgan fingerprint density at radius 3 is 2.77 bits per heavy atom. The minimum atomic E-state index is 0.0204. The van der Waals surface area contributed by atoms with Gasteiger partial charge in [0.15, 0.2) is 0 Å². The fourth-order valence-corrected chi connectivity index (χ4v) is 5.64. The lowest BCUT2D eigenvalue weighted by Crippen LogP contribution is -2.45. The highest BCUT2D eigenvalue weighted by Gasteiger charge is 2.43. The number of aryl methyl sites for hydroxylation is 2. The molecular weight excluding hydrogens is 386 g/mol. The first-order valence-corrected chi connectivity index (χ1v) is 11.3. The third-order valence-corrected chi connectivity index (χ3v) is 7.30. The van der Waals surface area contributed by atoms with Gasteiger partial charge in [0.05, 0.1) is 5.60 Å². The number of hydrogen-bond donors (Lipinski definition) is 2. The van der Waals surface area contributed by atoms with Gasteiger partial charge in [-0.05, 0) is 80.0 Å². The molecule has 5 heteroatoms. The van der Waals surface area contributed by atoms with Crippen molar-refractivity contribution >= 4 is 23.0 Å². The van der Waals surface area contributed by atoms with E-state index in [1.165, 1.54) is 33.2 Å². The Bertz CT molecular complexity index is 1080. The summed E-state index contributed by atoms with van der Waals surface area (Å²) < 4.78 is 6.30. The molecule has 31 heavy (non-hydrogen) atoms. The number of benzene rings is 2. The van der Waals surface area contributed by atoms with E-state index in [1.54, 1.807) is 0 Å². The number of aromatic nitrogens is 1. The average molecular weight is 418 g/mol. The quantitative estimate of drug-likeness (QED) is 0.558. The largest absolute Gasteiger partial charge is 0.375 e. The summed E-state index contributed by atoms with van der Waals surface area (Å²) in [7, 11) is 0. The monoisotopic (exact) mass is 417 g/mol. The van der Waals surface area contributed by atoms with E-state index in [2.05, 4.69) is 59.5 Å². The van der Waals surface area contributed by atoms with Crippen molar-refractivity contribution in [2.24, 2.45) is 0 Å². The van der Waals surface area contributed by atoms with Crippen LogP contribution in [-0.2, 0) is 16.1 Å². The van der Waals surface area contributed by atoms with Crippen LogP contribution >= 0.6 is 0 Å². The number of aromatic amines is 1. The molecule has 1 aromatic heterocycles. The SMILES string of the molecule is Cc1cc(C)c2[nH]ccc2c1CN1CCC2(CCCO2)CC1c1ccc(NC=O)cc1. The number of hydrogen-bond acceptors (Lipinski definition) is 3. The molecule has 3 aromatic rings. The summed E-state index contributed by atoms with van der Waals surface area (Å²) >= 11 is 0. The Balaban J connectivity index is 1.49. The number of nitrogens with one attached hydrogen (secondary N) is 2. The third kappa shape index (κ3) is 3.77. The van der Waals surface area contributed by atoms with E-state index in [0.29, 0.717) is 6.04 Å². The Kier molecular flexibility index (Phi) is 5.32. The lowest BCUT2D eigenvalue weighted by molar-refractivity contribution is -0.105. The van der Waals surface area contributed by atoms with E-state index in [4.69, 9.17) is 4.74 Å². The van der Waals surface area contributed by atoms with Crippen molar-refractivity contribution < 1.29 is 9.53 Å². The number of likely N-dealkylation sites (tertiary alicyclic amines) is 1. The zero-order chi connectivity index (χ0) is 21.4. The number of carbonyl (C=O) groups is 1. The van der Waals surface area contributed by atoms with Crippen LogP contribution in [0.4, 0.5) is 5.69 Å². The number of H-pyrrole nitrogens is 1. The molecule has 5 rings (SSSR count). The van der Waals surface area contributed by atoms with Crippen molar-refractivity contribution in [2.45, 2.75) is 57.7 Å². The summed E-state index contributed by atoms with van der Waals surface area (Å²) in [5.74, 6) is 0. The normalized spacial score (nSPS) is 24.1. The second-order valence-electron chi connectivity index (χ2n) is 9.21. The smallest absolute Gasteiger partial charge is 0.211 e. The van der Waals surface area contributed by atoms with Crippen LogP contribution in [0.3, 0.4) is 0 Å². The van der Waals surface area contributed by atoms with Gasteiger partial charge in [0.25, 0.3) is 0 Å². The van der Waals surface area contributed by atoms with Gasteiger partial charge in [-0.3, -0.25) is 9.69 Å². The van der Waals surface area contributed by atoms with E-state index in [9.17, 15) is 4.79 Å². The maximum absolute atomic E-state index is 10.8. The summed E-state index contributed by atoms with van der Waals surface area (Å²) in [6, 6.07) is 13.1. The van der Waals surface area contributed by atoms with E-state index in [-0.39, 0.29) is 5.60 Å². The maximum Gasteiger partial charge on any atom is 0.211 e. The van der Waals surface area contributed by atoms with Gasteiger partial charge in [-0.15, -0.1) is 0 Å². The highest BCUT2D eigenvalue weighted by atomic mass is 16.5.